The van der Waals surface area contributed by atoms with Crippen LogP contribution in [0.5, 0.6) is 0 Å². The molecular weight excluding hydrogens is 172 g/mol. The van der Waals surface area contributed by atoms with Crippen molar-refractivity contribution in [3.8, 4) is 0 Å². The van der Waals surface area contributed by atoms with Crippen molar-refractivity contribution < 1.29 is 8.78 Å². The van der Waals surface area contributed by atoms with Crippen molar-refractivity contribution >= 4 is 5.69 Å². The van der Waals surface area contributed by atoms with E-state index in [0.717, 1.165) is 11.3 Å². The summed E-state index contributed by atoms with van der Waals surface area (Å²) in [6.07, 6.45) is 0.0815. The van der Waals surface area contributed by atoms with Gasteiger partial charge in [0.2, 0.25) is 0 Å². The average Bonchev–Trinajstić information content (AvgIpc) is 2.25. The Bertz CT molecular complexity index is 312. The van der Waals surface area contributed by atoms with Gasteiger partial charge in [-0.3, -0.25) is 0 Å². The van der Waals surface area contributed by atoms with Gasteiger partial charge >= 0.3 is 0 Å². The van der Waals surface area contributed by atoms with Crippen molar-refractivity contribution in [2.45, 2.75) is 19.0 Å². The molecule has 1 unspecified atom stereocenters. The van der Waals surface area contributed by atoms with Crippen molar-refractivity contribution in [1.29, 1.82) is 0 Å². The van der Waals surface area contributed by atoms with Crippen LogP contribution in [-0.4, -0.2) is 12.7 Å². The molecular formula is C10H11F2N. The van der Waals surface area contributed by atoms with Crippen molar-refractivity contribution in [2.24, 2.45) is 0 Å². The fraction of sp³-hybridized carbons (Fsp3) is 0.400. The number of halogens is 2. The molecule has 0 fully saturated rings. The molecule has 1 N–H and O–H groups in total. The van der Waals surface area contributed by atoms with E-state index in [1.807, 2.05) is 0 Å². The molecule has 1 nitrogen and oxygen atoms in total. The number of nitrogens with one attached hydrogen (secondary N) is 1. The van der Waals surface area contributed by atoms with Gasteiger partial charge in [-0.2, -0.15) is 0 Å². The summed E-state index contributed by atoms with van der Waals surface area (Å²) < 4.78 is 25.9. The second-order valence-electron chi connectivity index (χ2n) is 3.32. The first kappa shape index (κ1) is 8.48. The summed E-state index contributed by atoms with van der Waals surface area (Å²) in [5.41, 5.74) is 1.60. The zero-order valence-electron chi connectivity index (χ0n) is 7.19. The van der Waals surface area contributed by atoms with E-state index in [4.69, 9.17) is 0 Å². The Labute approximate surface area is 75.8 Å². The first-order chi connectivity index (χ1) is 6.25. The van der Waals surface area contributed by atoms with Crippen LogP contribution >= 0.6 is 0 Å². The van der Waals surface area contributed by atoms with Gasteiger partial charge in [0.25, 0.3) is 0 Å². The van der Waals surface area contributed by atoms with Gasteiger partial charge < -0.3 is 5.32 Å². The molecule has 0 radical (unpaired) electrons. The molecule has 0 amide bonds. The lowest BCUT2D eigenvalue weighted by Gasteiger charge is -2.06. The normalized spacial score (nSPS) is 21.5. The number of benzene rings is 1. The highest BCUT2D eigenvalue weighted by atomic mass is 19.1. The van der Waals surface area contributed by atoms with E-state index in [9.17, 15) is 8.78 Å². The van der Waals surface area contributed by atoms with E-state index in [-0.39, 0.29) is 5.82 Å². The summed E-state index contributed by atoms with van der Waals surface area (Å²) in [7, 11) is 0. The second-order valence-corrected chi connectivity index (χ2v) is 3.32. The van der Waals surface area contributed by atoms with Crippen molar-refractivity contribution in [3.63, 3.8) is 0 Å². The van der Waals surface area contributed by atoms with Crippen molar-refractivity contribution in [3.05, 3.63) is 29.6 Å². The quantitative estimate of drug-likeness (QED) is 0.651. The highest BCUT2D eigenvalue weighted by Crippen LogP contribution is 2.23. The SMILES string of the molecule is Fc1ccc2c(c1)NCCC(F)C2. The zero-order chi connectivity index (χ0) is 9.26. The van der Waals surface area contributed by atoms with Crippen LogP contribution < -0.4 is 5.32 Å². The van der Waals surface area contributed by atoms with Crippen LogP contribution in [0.25, 0.3) is 0 Å². The van der Waals surface area contributed by atoms with Gasteiger partial charge in [-0.15, -0.1) is 0 Å². The maximum absolute atomic E-state index is 13.1. The third-order valence-corrected chi connectivity index (χ3v) is 2.29. The lowest BCUT2D eigenvalue weighted by molar-refractivity contribution is 0.323. The van der Waals surface area contributed by atoms with Crippen LogP contribution in [0.1, 0.15) is 12.0 Å². The Morgan fingerprint density at radius 3 is 3.08 bits per heavy atom. The molecule has 3 heteroatoms. The van der Waals surface area contributed by atoms with E-state index < -0.39 is 6.17 Å². The Morgan fingerprint density at radius 1 is 1.38 bits per heavy atom. The lowest BCUT2D eigenvalue weighted by Crippen LogP contribution is -2.05. The van der Waals surface area contributed by atoms with Crippen molar-refractivity contribution in [1.82, 2.24) is 0 Å². The molecule has 1 heterocycles. The summed E-state index contributed by atoms with van der Waals surface area (Å²) >= 11 is 0. The Morgan fingerprint density at radius 2 is 2.23 bits per heavy atom. The van der Waals surface area contributed by atoms with Gasteiger partial charge in [0.05, 0.1) is 0 Å². The molecule has 13 heavy (non-hydrogen) atoms. The summed E-state index contributed by atoms with van der Waals surface area (Å²) in [6, 6.07) is 4.45. The monoisotopic (exact) mass is 183 g/mol. The molecule has 70 valence electrons. The lowest BCUT2D eigenvalue weighted by atomic mass is 10.1. The van der Waals surface area contributed by atoms with Gasteiger partial charge in [0.15, 0.2) is 0 Å². The minimum atomic E-state index is -0.806. The van der Waals surface area contributed by atoms with Crippen LogP contribution in [0.15, 0.2) is 18.2 Å². The minimum absolute atomic E-state index is 0.274. The van der Waals surface area contributed by atoms with E-state index in [1.54, 1.807) is 6.07 Å². The summed E-state index contributed by atoms with van der Waals surface area (Å²) in [4.78, 5) is 0. The summed E-state index contributed by atoms with van der Waals surface area (Å²) in [6.45, 7) is 0.581. The molecule has 0 aromatic heterocycles. The maximum atomic E-state index is 13.1. The predicted molar refractivity (Wildman–Crippen MR) is 48.1 cm³/mol. The van der Waals surface area contributed by atoms with Crippen LogP contribution in [0.4, 0.5) is 14.5 Å². The second kappa shape index (κ2) is 3.32. The van der Waals surface area contributed by atoms with E-state index in [1.165, 1.54) is 12.1 Å². The number of rotatable bonds is 0. The van der Waals surface area contributed by atoms with Gasteiger partial charge in [0.1, 0.15) is 12.0 Å². The van der Waals surface area contributed by atoms with Gasteiger partial charge in [-0.25, -0.2) is 8.78 Å². The van der Waals surface area contributed by atoms with Gasteiger partial charge in [0, 0.05) is 18.7 Å². The number of fused-ring (bicyclic) bond motifs is 1. The number of hydrogen-bond acceptors (Lipinski definition) is 1. The summed E-state index contributed by atoms with van der Waals surface area (Å²) in [5.74, 6) is -0.274. The Kier molecular flexibility index (Phi) is 2.17. The predicted octanol–water partition coefficient (Wildman–Crippen LogP) is 2.52. The van der Waals surface area contributed by atoms with E-state index in [2.05, 4.69) is 5.32 Å². The smallest absolute Gasteiger partial charge is 0.125 e. The first-order valence-electron chi connectivity index (χ1n) is 4.42. The Balaban J connectivity index is 2.34. The van der Waals surface area contributed by atoms with E-state index >= 15 is 0 Å². The van der Waals surface area contributed by atoms with Crippen LogP contribution in [0.2, 0.25) is 0 Å². The topological polar surface area (TPSA) is 12.0 Å². The highest BCUT2D eigenvalue weighted by Gasteiger charge is 2.15. The molecule has 1 atom stereocenters. The molecule has 0 saturated heterocycles. The zero-order valence-corrected chi connectivity index (χ0v) is 7.19. The average molecular weight is 183 g/mol. The molecule has 0 bridgehead atoms. The fourth-order valence-electron chi connectivity index (χ4n) is 1.60. The van der Waals surface area contributed by atoms with Crippen LogP contribution in [-0.2, 0) is 6.42 Å². The fourth-order valence-corrected chi connectivity index (χ4v) is 1.60. The minimum Gasteiger partial charge on any atom is -0.385 e. The van der Waals surface area contributed by atoms with Gasteiger partial charge in [-0.05, 0) is 24.1 Å². The Hall–Kier alpha value is -1.12. The highest BCUT2D eigenvalue weighted by molar-refractivity contribution is 5.52. The number of anilines is 1. The number of hydrogen-bond donors (Lipinski definition) is 1. The molecule has 1 aromatic carbocycles. The third kappa shape index (κ3) is 1.79. The molecule has 1 aromatic rings. The molecule has 0 spiro atoms. The molecule has 1 aliphatic rings. The van der Waals surface area contributed by atoms with Crippen LogP contribution in [0, 0.1) is 5.82 Å². The molecule has 0 saturated carbocycles. The third-order valence-electron chi connectivity index (χ3n) is 2.29. The number of alkyl halides is 1. The summed E-state index contributed by atoms with van der Waals surface area (Å²) in [5, 5.41) is 3.02. The molecule has 2 rings (SSSR count). The van der Waals surface area contributed by atoms with Gasteiger partial charge in [-0.1, -0.05) is 6.07 Å². The molecule has 1 aliphatic heterocycles. The molecule has 0 aliphatic carbocycles. The first-order valence-corrected chi connectivity index (χ1v) is 4.42. The maximum Gasteiger partial charge on any atom is 0.125 e. The standard InChI is InChI=1S/C10H11F2N/c11-8-2-1-7-5-9(12)3-4-13-10(7)6-8/h1-2,6,9,13H,3-5H2. The largest absolute Gasteiger partial charge is 0.385 e. The van der Waals surface area contributed by atoms with Crippen molar-refractivity contribution in [2.75, 3.05) is 11.9 Å². The van der Waals surface area contributed by atoms with E-state index in [0.29, 0.717) is 19.4 Å². The van der Waals surface area contributed by atoms with Crippen LogP contribution in [0.3, 0.4) is 0 Å².